The lowest BCUT2D eigenvalue weighted by Gasteiger charge is -2.41. The van der Waals surface area contributed by atoms with Crippen LogP contribution in [0.25, 0.3) is 0 Å². The molecule has 0 aliphatic carbocycles. The Kier molecular flexibility index (Phi) is 7.31. The van der Waals surface area contributed by atoms with E-state index in [-0.39, 0.29) is 18.2 Å². The number of anilines is 1. The number of nitrogens with zero attached hydrogens (tertiary/aromatic N) is 1. The second kappa shape index (κ2) is 9.29. The maximum atomic E-state index is 13.9. The van der Waals surface area contributed by atoms with Crippen LogP contribution >= 0.6 is 0 Å². The van der Waals surface area contributed by atoms with Crippen molar-refractivity contribution in [2.24, 2.45) is 5.92 Å². The molecule has 1 aliphatic heterocycles. The van der Waals surface area contributed by atoms with Crippen LogP contribution in [0.15, 0.2) is 12.1 Å². The highest BCUT2D eigenvalue weighted by Crippen LogP contribution is 2.30. The average Bonchev–Trinajstić information content (AvgIpc) is 2.55. The smallest absolute Gasteiger partial charge is 0.426 e. The van der Waals surface area contributed by atoms with Gasteiger partial charge in [-0.05, 0) is 18.8 Å². The molecule has 1 aromatic rings. The number of rotatable bonds is 8. The average molecular weight is 401 g/mol. The highest BCUT2D eigenvalue weighted by Gasteiger charge is 2.36. The number of carbonyl (C=O) groups excluding carboxylic acids is 2. The van der Waals surface area contributed by atoms with Crippen LogP contribution in [-0.2, 0) is 9.59 Å². The molecule has 2 rings (SSSR count). The first-order valence-electron chi connectivity index (χ1n) is 8.94. The van der Waals surface area contributed by atoms with E-state index >= 15 is 0 Å². The number of benzene rings is 1. The van der Waals surface area contributed by atoms with Crippen molar-refractivity contribution >= 4 is 24.6 Å². The number of hydrogen-bond donors (Lipinski definition) is 4. The zero-order valence-electron chi connectivity index (χ0n) is 15.6. The maximum absolute atomic E-state index is 13.9. The molecule has 0 radical (unpaired) electrons. The van der Waals surface area contributed by atoms with Gasteiger partial charge >= 0.3 is 7.12 Å². The quantitative estimate of drug-likeness (QED) is 0.372. The third kappa shape index (κ3) is 5.38. The van der Waals surface area contributed by atoms with Gasteiger partial charge < -0.3 is 25.6 Å². The molecule has 0 spiro atoms. The van der Waals surface area contributed by atoms with E-state index in [0.717, 1.165) is 0 Å². The summed E-state index contributed by atoms with van der Waals surface area (Å²) in [4.78, 5) is 25.5. The fourth-order valence-electron chi connectivity index (χ4n) is 2.99. The predicted molar refractivity (Wildman–Crippen MR) is 96.7 cm³/mol. The number of carbonyl (C=O) groups is 2. The van der Waals surface area contributed by atoms with Crippen molar-refractivity contribution in [1.29, 1.82) is 0 Å². The van der Waals surface area contributed by atoms with Crippen LogP contribution in [0, 0.1) is 23.4 Å². The Hall–Kier alpha value is -2.27. The first kappa shape index (κ1) is 22.0. The minimum atomic E-state index is -1.74. The number of halogens is 3. The first-order chi connectivity index (χ1) is 13.1. The van der Waals surface area contributed by atoms with Gasteiger partial charge in [-0.15, -0.1) is 0 Å². The van der Waals surface area contributed by atoms with Crippen molar-refractivity contribution in [1.82, 2.24) is 10.6 Å². The Bertz CT molecular complexity index is 736. The van der Waals surface area contributed by atoms with E-state index < -0.39 is 54.9 Å². The van der Waals surface area contributed by atoms with E-state index in [1.165, 1.54) is 4.90 Å². The summed E-state index contributed by atoms with van der Waals surface area (Å²) in [6.07, 6.45) is 0.695. The highest BCUT2D eigenvalue weighted by atomic mass is 19.2. The zero-order valence-corrected chi connectivity index (χ0v) is 15.6. The Labute approximate surface area is 161 Å². The predicted octanol–water partition coefficient (Wildman–Crippen LogP) is 0.342. The van der Waals surface area contributed by atoms with E-state index in [9.17, 15) is 32.8 Å². The van der Waals surface area contributed by atoms with Crippen LogP contribution in [0.2, 0.25) is 0 Å². The molecule has 1 heterocycles. The second-order valence-electron chi connectivity index (χ2n) is 7.15. The molecule has 0 saturated carbocycles. The Morgan fingerprint density at radius 3 is 2.39 bits per heavy atom. The van der Waals surface area contributed by atoms with E-state index in [2.05, 4.69) is 10.6 Å². The number of hydrogen-bond acceptors (Lipinski definition) is 5. The summed E-state index contributed by atoms with van der Waals surface area (Å²) in [5.74, 6) is -5.48. The van der Waals surface area contributed by atoms with Gasteiger partial charge in [0.05, 0.1) is 18.2 Å². The van der Waals surface area contributed by atoms with Crippen molar-refractivity contribution in [3.8, 4) is 0 Å². The second-order valence-corrected chi connectivity index (χ2v) is 7.15. The molecule has 1 saturated heterocycles. The standard InChI is InChI=1S/C17H23BF3N3O4/c1-9(2)5-15(18(27)28)23-16(25)8-22-17(26)13-3-4-24(13)14-7-11(20)10(19)6-12(14)21/h6-7,9,13,15,27-28H,3-5,8H2,1-2H3,(H,22,26)(H,23,25)/t13-,15-/m0/s1. The molecule has 11 heteroatoms. The minimum Gasteiger partial charge on any atom is -0.426 e. The summed E-state index contributed by atoms with van der Waals surface area (Å²) >= 11 is 0. The van der Waals surface area contributed by atoms with Crippen LogP contribution in [0.1, 0.15) is 26.7 Å². The topological polar surface area (TPSA) is 102 Å². The molecule has 2 atom stereocenters. The van der Waals surface area contributed by atoms with Crippen molar-refractivity contribution in [3.05, 3.63) is 29.6 Å². The van der Waals surface area contributed by atoms with E-state index in [4.69, 9.17) is 0 Å². The molecule has 154 valence electrons. The minimum absolute atomic E-state index is 0.108. The lowest BCUT2D eigenvalue weighted by atomic mass is 9.75. The van der Waals surface area contributed by atoms with Crippen LogP contribution < -0.4 is 15.5 Å². The van der Waals surface area contributed by atoms with Crippen molar-refractivity contribution in [3.63, 3.8) is 0 Å². The molecule has 2 amide bonds. The molecule has 7 nitrogen and oxygen atoms in total. The molecular weight excluding hydrogens is 378 g/mol. The van der Waals surface area contributed by atoms with Crippen molar-refractivity contribution in [2.75, 3.05) is 18.0 Å². The van der Waals surface area contributed by atoms with Crippen molar-refractivity contribution in [2.45, 2.75) is 38.7 Å². The van der Waals surface area contributed by atoms with Gasteiger partial charge in [-0.1, -0.05) is 13.8 Å². The summed E-state index contributed by atoms with van der Waals surface area (Å²) in [5.41, 5.74) is -0.227. The van der Waals surface area contributed by atoms with Crippen molar-refractivity contribution < 1.29 is 32.8 Å². The summed E-state index contributed by atoms with van der Waals surface area (Å²) < 4.78 is 40.3. The summed E-state index contributed by atoms with van der Waals surface area (Å²) in [6.45, 7) is 3.57. The molecular formula is C17H23BF3N3O4. The zero-order chi connectivity index (χ0) is 21.0. The highest BCUT2D eigenvalue weighted by molar-refractivity contribution is 6.43. The van der Waals surface area contributed by atoms with E-state index in [0.29, 0.717) is 25.0 Å². The Morgan fingerprint density at radius 2 is 1.86 bits per heavy atom. The molecule has 0 unspecified atom stereocenters. The van der Waals surface area contributed by atoms with Gasteiger partial charge in [-0.3, -0.25) is 9.59 Å². The summed E-state index contributed by atoms with van der Waals surface area (Å²) in [6, 6.07) is 0.290. The molecule has 1 fully saturated rings. The van der Waals surface area contributed by atoms with Gasteiger partial charge in [0.2, 0.25) is 11.8 Å². The fraction of sp³-hybridized carbons (Fsp3) is 0.529. The van der Waals surface area contributed by atoms with Gasteiger partial charge in [0.1, 0.15) is 11.9 Å². The van der Waals surface area contributed by atoms with Crippen LogP contribution in [0.5, 0.6) is 0 Å². The third-order valence-corrected chi connectivity index (χ3v) is 4.48. The largest absolute Gasteiger partial charge is 0.475 e. The van der Waals surface area contributed by atoms with Gasteiger partial charge in [0, 0.05) is 18.7 Å². The van der Waals surface area contributed by atoms with Crippen LogP contribution in [0.4, 0.5) is 18.9 Å². The summed E-state index contributed by atoms with van der Waals surface area (Å²) in [7, 11) is -1.74. The monoisotopic (exact) mass is 401 g/mol. The molecule has 0 bridgehead atoms. The molecule has 28 heavy (non-hydrogen) atoms. The normalized spacial score (nSPS) is 17.1. The Balaban J connectivity index is 1.91. The third-order valence-electron chi connectivity index (χ3n) is 4.48. The van der Waals surface area contributed by atoms with Gasteiger partial charge in [-0.25, -0.2) is 13.2 Å². The maximum Gasteiger partial charge on any atom is 0.475 e. The van der Waals surface area contributed by atoms with Gasteiger partial charge in [-0.2, -0.15) is 0 Å². The van der Waals surface area contributed by atoms with Gasteiger partial charge in [0.15, 0.2) is 11.6 Å². The SMILES string of the molecule is CC(C)C[C@H](NC(=O)CNC(=O)[C@@H]1CCN1c1cc(F)c(F)cc1F)B(O)O. The first-order valence-corrected chi connectivity index (χ1v) is 8.94. The van der Waals surface area contributed by atoms with E-state index in [1.807, 2.05) is 13.8 Å². The molecule has 1 aliphatic rings. The van der Waals surface area contributed by atoms with Crippen LogP contribution in [-0.4, -0.2) is 54.1 Å². The lowest BCUT2D eigenvalue weighted by Crippen LogP contribution is -2.58. The Morgan fingerprint density at radius 1 is 1.21 bits per heavy atom. The molecule has 4 N–H and O–H groups in total. The van der Waals surface area contributed by atoms with Gasteiger partial charge in [0.25, 0.3) is 0 Å². The number of nitrogens with one attached hydrogen (secondary N) is 2. The fourth-order valence-corrected chi connectivity index (χ4v) is 2.99. The summed E-state index contributed by atoms with van der Waals surface area (Å²) in [5, 5.41) is 23.4. The number of amides is 2. The lowest BCUT2D eigenvalue weighted by molar-refractivity contribution is -0.127. The molecule has 1 aromatic carbocycles. The molecule has 0 aromatic heterocycles. The van der Waals surface area contributed by atoms with Crippen LogP contribution in [0.3, 0.4) is 0 Å². The van der Waals surface area contributed by atoms with E-state index in [1.54, 1.807) is 0 Å².